The molecule has 18 heavy (non-hydrogen) atoms. The Bertz CT molecular complexity index is 612. The second-order valence-electron chi connectivity index (χ2n) is 4.51. The summed E-state index contributed by atoms with van der Waals surface area (Å²) in [5, 5.41) is 0.966. The van der Waals surface area contributed by atoms with Crippen LogP contribution < -0.4 is 0 Å². The first-order valence-corrected chi connectivity index (χ1v) is 6.18. The summed E-state index contributed by atoms with van der Waals surface area (Å²) in [6.07, 6.45) is 3.15. The second-order valence-corrected chi connectivity index (χ2v) is 4.84. The van der Waals surface area contributed by atoms with Crippen molar-refractivity contribution < 1.29 is 9.18 Å². The van der Waals surface area contributed by atoms with E-state index < -0.39 is 6.17 Å². The Morgan fingerprint density at radius 2 is 2.33 bits per heavy atom. The third-order valence-electron chi connectivity index (χ3n) is 3.34. The van der Waals surface area contributed by atoms with Crippen LogP contribution in [0.3, 0.4) is 0 Å². The minimum atomic E-state index is -1.16. The molecule has 94 valence electrons. The van der Waals surface area contributed by atoms with Crippen LogP contribution in [-0.4, -0.2) is 26.5 Å². The number of carbonyl (C=O) groups excluding carboxylic acids is 1. The SMILES string of the molecule is O=C1CC[C@@H](n2ccc3cnc(Cl)nc32)[C@H](F)C1. The molecule has 0 radical (unpaired) electrons. The van der Waals surface area contributed by atoms with Gasteiger partial charge in [0.2, 0.25) is 5.28 Å². The van der Waals surface area contributed by atoms with Crippen molar-refractivity contribution >= 4 is 28.4 Å². The maximum atomic E-state index is 14.0. The van der Waals surface area contributed by atoms with E-state index in [1.165, 1.54) is 0 Å². The molecule has 2 aromatic heterocycles. The lowest BCUT2D eigenvalue weighted by Crippen LogP contribution is -2.28. The third-order valence-corrected chi connectivity index (χ3v) is 3.52. The highest BCUT2D eigenvalue weighted by Crippen LogP contribution is 2.32. The number of hydrogen-bond acceptors (Lipinski definition) is 3. The zero-order chi connectivity index (χ0) is 12.7. The Morgan fingerprint density at radius 1 is 1.50 bits per heavy atom. The average molecular weight is 268 g/mol. The lowest BCUT2D eigenvalue weighted by Gasteiger charge is -2.26. The molecule has 0 spiro atoms. The van der Waals surface area contributed by atoms with Crippen molar-refractivity contribution in [2.75, 3.05) is 0 Å². The number of fused-ring (bicyclic) bond motifs is 1. The molecule has 0 unspecified atom stereocenters. The molecule has 2 aromatic rings. The van der Waals surface area contributed by atoms with Gasteiger partial charge in [0.15, 0.2) is 0 Å². The highest BCUT2D eigenvalue weighted by molar-refractivity contribution is 6.28. The number of alkyl halides is 1. The van der Waals surface area contributed by atoms with Crippen molar-refractivity contribution in [2.24, 2.45) is 0 Å². The van der Waals surface area contributed by atoms with Crippen molar-refractivity contribution in [1.29, 1.82) is 0 Å². The summed E-state index contributed by atoms with van der Waals surface area (Å²) >= 11 is 5.76. The van der Waals surface area contributed by atoms with Crippen LogP contribution in [0.4, 0.5) is 4.39 Å². The van der Waals surface area contributed by atoms with Gasteiger partial charge in [0, 0.05) is 30.6 Å². The van der Waals surface area contributed by atoms with Gasteiger partial charge in [-0.05, 0) is 24.1 Å². The van der Waals surface area contributed by atoms with Gasteiger partial charge in [0.25, 0.3) is 0 Å². The molecule has 0 aromatic carbocycles. The van der Waals surface area contributed by atoms with Gasteiger partial charge in [-0.25, -0.2) is 9.37 Å². The van der Waals surface area contributed by atoms with Gasteiger partial charge in [-0.15, -0.1) is 0 Å². The van der Waals surface area contributed by atoms with Gasteiger partial charge in [-0.2, -0.15) is 4.98 Å². The summed E-state index contributed by atoms with van der Waals surface area (Å²) in [7, 11) is 0. The molecule has 1 saturated carbocycles. The predicted molar refractivity (Wildman–Crippen MR) is 65.3 cm³/mol. The predicted octanol–water partition coefficient (Wildman–Crippen LogP) is 2.72. The highest BCUT2D eigenvalue weighted by Gasteiger charge is 2.31. The molecule has 0 bridgehead atoms. The first-order valence-electron chi connectivity index (χ1n) is 5.80. The molecule has 0 aliphatic heterocycles. The van der Waals surface area contributed by atoms with Crippen molar-refractivity contribution in [3.05, 3.63) is 23.7 Å². The van der Waals surface area contributed by atoms with E-state index in [0.717, 1.165) is 5.39 Å². The van der Waals surface area contributed by atoms with Gasteiger partial charge in [-0.3, -0.25) is 4.79 Å². The first kappa shape index (κ1) is 11.6. The van der Waals surface area contributed by atoms with Gasteiger partial charge < -0.3 is 4.57 Å². The topological polar surface area (TPSA) is 47.8 Å². The van der Waals surface area contributed by atoms with Crippen molar-refractivity contribution in [3.8, 4) is 0 Å². The molecule has 2 atom stereocenters. The monoisotopic (exact) mass is 267 g/mol. The van der Waals surface area contributed by atoms with E-state index in [2.05, 4.69) is 9.97 Å². The second kappa shape index (κ2) is 4.31. The molecule has 0 saturated heterocycles. The fourth-order valence-electron chi connectivity index (χ4n) is 2.44. The van der Waals surface area contributed by atoms with Crippen LogP contribution in [-0.2, 0) is 4.79 Å². The standard InChI is InChI=1S/C12H11ClFN3O/c13-12-15-6-7-3-4-17(11(7)16-12)10-2-1-8(18)5-9(10)14/h3-4,6,9-10H,1-2,5H2/t9-,10-/m1/s1. The van der Waals surface area contributed by atoms with Gasteiger partial charge in [0.05, 0.1) is 6.04 Å². The summed E-state index contributed by atoms with van der Waals surface area (Å²) in [5.41, 5.74) is 0.622. The van der Waals surface area contributed by atoms with Crippen LogP contribution in [0.25, 0.3) is 11.0 Å². The van der Waals surface area contributed by atoms with Crippen molar-refractivity contribution in [3.63, 3.8) is 0 Å². The van der Waals surface area contributed by atoms with Crippen molar-refractivity contribution in [1.82, 2.24) is 14.5 Å². The fourth-order valence-corrected chi connectivity index (χ4v) is 2.57. The molecule has 2 heterocycles. The number of nitrogens with zero attached hydrogens (tertiary/aromatic N) is 3. The van der Waals surface area contributed by atoms with Crippen LogP contribution in [0, 0.1) is 0 Å². The number of carbonyl (C=O) groups is 1. The molecular weight excluding hydrogens is 257 g/mol. The number of halogens is 2. The first-order chi connectivity index (χ1) is 8.65. The molecule has 0 N–H and O–H groups in total. The lowest BCUT2D eigenvalue weighted by atomic mass is 9.92. The molecule has 1 fully saturated rings. The zero-order valence-electron chi connectivity index (χ0n) is 9.51. The van der Waals surface area contributed by atoms with Crippen LogP contribution in [0.15, 0.2) is 18.5 Å². The molecule has 1 aliphatic rings. The zero-order valence-corrected chi connectivity index (χ0v) is 10.3. The Balaban J connectivity index is 2.03. The van der Waals surface area contributed by atoms with Gasteiger partial charge >= 0.3 is 0 Å². The normalized spacial score (nSPS) is 24.7. The van der Waals surface area contributed by atoms with Gasteiger partial charge in [-0.1, -0.05) is 0 Å². The number of ketones is 1. The molecule has 1 aliphatic carbocycles. The Hall–Kier alpha value is -1.49. The maximum absolute atomic E-state index is 14.0. The number of rotatable bonds is 1. The smallest absolute Gasteiger partial charge is 0.224 e. The fraction of sp³-hybridized carbons (Fsp3) is 0.417. The molecule has 4 nitrogen and oxygen atoms in total. The van der Waals surface area contributed by atoms with E-state index >= 15 is 0 Å². The van der Waals surface area contributed by atoms with E-state index in [4.69, 9.17) is 11.6 Å². The Morgan fingerprint density at radius 3 is 3.11 bits per heavy atom. The van der Waals surface area contributed by atoms with E-state index in [-0.39, 0.29) is 23.5 Å². The highest BCUT2D eigenvalue weighted by atomic mass is 35.5. The Kier molecular flexibility index (Phi) is 2.78. The third kappa shape index (κ3) is 1.88. The lowest BCUT2D eigenvalue weighted by molar-refractivity contribution is -0.122. The van der Waals surface area contributed by atoms with Crippen LogP contribution in [0.1, 0.15) is 25.3 Å². The summed E-state index contributed by atoms with van der Waals surface area (Å²) in [6.45, 7) is 0. The molecule has 6 heteroatoms. The summed E-state index contributed by atoms with van der Waals surface area (Å²) in [6, 6.07) is 1.49. The number of aromatic nitrogens is 3. The largest absolute Gasteiger partial charge is 0.326 e. The summed E-state index contributed by atoms with van der Waals surface area (Å²) in [4.78, 5) is 19.2. The molecule has 0 amide bonds. The molecule has 3 rings (SSSR count). The summed E-state index contributed by atoms with van der Waals surface area (Å²) < 4.78 is 15.7. The minimum absolute atomic E-state index is 0.0108. The minimum Gasteiger partial charge on any atom is -0.326 e. The quantitative estimate of drug-likeness (QED) is 0.747. The van der Waals surface area contributed by atoms with E-state index in [1.54, 1.807) is 17.0 Å². The number of hydrogen-bond donors (Lipinski definition) is 0. The van der Waals surface area contributed by atoms with E-state index in [0.29, 0.717) is 18.5 Å². The van der Waals surface area contributed by atoms with Crippen LogP contribution in [0.2, 0.25) is 5.28 Å². The summed E-state index contributed by atoms with van der Waals surface area (Å²) in [5.74, 6) is -0.0112. The van der Waals surface area contributed by atoms with E-state index in [1.807, 2.05) is 6.07 Å². The Labute approximate surface area is 108 Å². The van der Waals surface area contributed by atoms with Crippen LogP contribution >= 0.6 is 11.6 Å². The average Bonchev–Trinajstić information content (AvgIpc) is 2.72. The van der Waals surface area contributed by atoms with Crippen molar-refractivity contribution in [2.45, 2.75) is 31.5 Å². The van der Waals surface area contributed by atoms with E-state index in [9.17, 15) is 9.18 Å². The van der Waals surface area contributed by atoms with Gasteiger partial charge in [0.1, 0.15) is 17.6 Å². The van der Waals surface area contributed by atoms with Crippen LogP contribution in [0.5, 0.6) is 0 Å². The molecular formula is C12H11ClFN3O. The number of Topliss-reactive ketones (excluding diaryl/α,β-unsaturated/α-hetero) is 1. The maximum Gasteiger partial charge on any atom is 0.224 e.